The molecule has 2 fully saturated rings. The van der Waals surface area contributed by atoms with Crippen molar-refractivity contribution in [2.75, 3.05) is 26.2 Å². The zero-order valence-corrected chi connectivity index (χ0v) is 20.0. The number of ether oxygens (including phenoxy) is 1. The number of piperidine rings is 1. The van der Waals surface area contributed by atoms with Crippen molar-refractivity contribution < 1.29 is 13.9 Å². The summed E-state index contributed by atoms with van der Waals surface area (Å²) in [6.45, 7) is 10.1. The molecule has 2 aromatic carbocycles. The Balaban J connectivity index is 1.60. The lowest BCUT2D eigenvalue weighted by molar-refractivity contribution is 0.0962. The predicted molar refractivity (Wildman–Crippen MR) is 129 cm³/mol. The molecule has 1 unspecified atom stereocenters. The third kappa shape index (κ3) is 5.01. The molecule has 33 heavy (non-hydrogen) atoms. The van der Waals surface area contributed by atoms with Crippen molar-refractivity contribution in [3.63, 3.8) is 0 Å². The normalized spacial score (nSPS) is 20.2. The highest BCUT2D eigenvalue weighted by atomic mass is 19.1. The van der Waals surface area contributed by atoms with Gasteiger partial charge < -0.3 is 19.9 Å². The summed E-state index contributed by atoms with van der Waals surface area (Å²) < 4.78 is 19.4. The van der Waals surface area contributed by atoms with Gasteiger partial charge in [-0.25, -0.2) is 9.18 Å². The van der Waals surface area contributed by atoms with E-state index in [1.807, 2.05) is 29.2 Å². The highest BCUT2D eigenvalue weighted by Crippen LogP contribution is 2.42. The summed E-state index contributed by atoms with van der Waals surface area (Å²) >= 11 is 0. The minimum atomic E-state index is -0.232. The Morgan fingerprint density at radius 3 is 2.30 bits per heavy atom. The van der Waals surface area contributed by atoms with Crippen molar-refractivity contribution in [3.8, 4) is 5.75 Å². The van der Waals surface area contributed by atoms with E-state index in [1.165, 1.54) is 12.1 Å². The number of amides is 2. The van der Waals surface area contributed by atoms with Gasteiger partial charge in [0.25, 0.3) is 0 Å². The van der Waals surface area contributed by atoms with Gasteiger partial charge in [0, 0.05) is 13.1 Å². The van der Waals surface area contributed by atoms with Crippen LogP contribution in [0, 0.1) is 11.7 Å². The molecule has 1 spiro atoms. The first-order valence-corrected chi connectivity index (χ1v) is 12.2. The molecule has 2 aromatic rings. The Bertz CT molecular complexity index is 923. The molecule has 4 rings (SSSR count). The van der Waals surface area contributed by atoms with Crippen molar-refractivity contribution in [2.45, 2.75) is 58.2 Å². The molecule has 0 bridgehead atoms. The lowest BCUT2D eigenvalue weighted by atomic mass is 9.78. The number of hydrogen-bond donors (Lipinski definition) is 1. The largest absolute Gasteiger partial charge is 0.493 e. The van der Waals surface area contributed by atoms with Crippen LogP contribution in [0.15, 0.2) is 48.5 Å². The number of likely N-dealkylation sites (N-methyl/N-ethyl adjacent to an activating group) is 1. The van der Waals surface area contributed by atoms with Gasteiger partial charge in [0.15, 0.2) is 0 Å². The summed E-state index contributed by atoms with van der Waals surface area (Å²) in [5, 5.41) is 3.46. The molecule has 0 saturated carbocycles. The maximum absolute atomic E-state index is 13.7. The average Bonchev–Trinajstić information content (AvgIpc) is 3.01. The van der Waals surface area contributed by atoms with E-state index in [1.54, 1.807) is 0 Å². The molecule has 6 heteroatoms. The fraction of sp³-hybridized carbons (Fsp3) is 0.519. The van der Waals surface area contributed by atoms with Gasteiger partial charge in [0.05, 0.1) is 18.2 Å². The second kappa shape index (κ2) is 10.1. The zero-order chi connectivity index (χ0) is 23.4. The molecule has 0 aromatic heterocycles. The van der Waals surface area contributed by atoms with Gasteiger partial charge in [-0.15, -0.1) is 0 Å². The van der Waals surface area contributed by atoms with E-state index in [0.717, 1.165) is 49.2 Å². The third-order valence-electron chi connectivity index (χ3n) is 7.00. The van der Waals surface area contributed by atoms with Crippen molar-refractivity contribution in [2.24, 2.45) is 5.92 Å². The van der Waals surface area contributed by atoms with E-state index in [0.29, 0.717) is 25.6 Å². The fourth-order valence-electron chi connectivity index (χ4n) is 5.33. The molecule has 5 nitrogen and oxygen atoms in total. The van der Waals surface area contributed by atoms with Gasteiger partial charge in [0.2, 0.25) is 0 Å². The van der Waals surface area contributed by atoms with Crippen LogP contribution in [-0.2, 0) is 13.0 Å². The van der Waals surface area contributed by atoms with Crippen LogP contribution in [0.5, 0.6) is 5.75 Å². The maximum atomic E-state index is 13.7. The van der Waals surface area contributed by atoms with Crippen molar-refractivity contribution >= 4 is 6.03 Å². The van der Waals surface area contributed by atoms with E-state index < -0.39 is 0 Å². The van der Waals surface area contributed by atoms with E-state index in [2.05, 4.69) is 43.1 Å². The molecular formula is C27H36FN3O2. The van der Waals surface area contributed by atoms with Crippen molar-refractivity contribution in [3.05, 3.63) is 65.5 Å². The molecule has 1 atom stereocenters. The topological polar surface area (TPSA) is 44.8 Å². The average molecular weight is 454 g/mol. The van der Waals surface area contributed by atoms with Gasteiger partial charge in [-0.3, -0.25) is 0 Å². The Labute approximate surface area is 196 Å². The third-order valence-corrected chi connectivity index (χ3v) is 7.00. The molecule has 0 radical (unpaired) electrons. The van der Waals surface area contributed by atoms with Crippen LogP contribution >= 0.6 is 0 Å². The Morgan fingerprint density at radius 1 is 1.06 bits per heavy atom. The first-order chi connectivity index (χ1) is 15.9. The van der Waals surface area contributed by atoms with E-state index in [4.69, 9.17) is 4.74 Å². The number of urea groups is 1. The lowest BCUT2D eigenvalue weighted by Crippen LogP contribution is -2.58. The van der Waals surface area contributed by atoms with Crippen LogP contribution in [0.4, 0.5) is 9.18 Å². The molecule has 2 aliphatic heterocycles. The van der Waals surface area contributed by atoms with Crippen LogP contribution in [0.3, 0.4) is 0 Å². The standard InChI is InChI=1S/C27H36FN3O2/c1-4-31-26(32)30(18-22-7-11-24(12-8-22)33-19-20(2)3)25(27(31)13-15-29-16-14-27)17-21-5-9-23(28)10-6-21/h5-12,20,25,29H,4,13-19H2,1-3H3. The summed E-state index contributed by atoms with van der Waals surface area (Å²) in [5.41, 5.74) is 1.95. The monoisotopic (exact) mass is 453 g/mol. The van der Waals surface area contributed by atoms with Crippen LogP contribution in [0.2, 0.25) is 0 Å². The highest BCUT2D eigenvalue weighted by Gasteiger charge is 2.56. The van der Waals surface area contributed by atoms with Gasteiger partial charge in [-0.05, 0) is 80.6 Å². The van der Waals surface area contributed by atoms with Crippen molar-refractivity contribution in [1.29, 1.82) is 0 Å². The molecule has 2 aliphatic rings. The summed E-state index contributed by atoms with van der Waals surface area (Å²) in [5.74, 6) is 1.10. The van der Waals surface area contributed by atoms with Gasteiger partial charge in [-0.1, -0.05) is 38.1 Å². The molecule has 2 amide bonds. The van der Waals surface area contributed by atoms with Crippen LogP contribution in [0.1, 0.15) is 44.7 Å². The number of nitrogens with zero attached hydrogens (tertiary/aromatic N) is 2. The Morgan fingerprint density at radius 2 is 1.70 bits per heavy atom. The van der Waals surface area contributed by atoms with E-state index >= 15 is 0 Å². The van der Waals surface area contributed by atoms with Gasteiger partial charge >= 0.3 is 6.03 Å². The first-order valence-electron chi connectivity index (χ1n) is 12.2. The maximum Gasteiger partial charge on any atom is 0.321 e. The molecule has 178 valence electrons. The first kappa shape index (κ1) is 23.6. The van der Waals surface area contributed by atoms with E-state index in [9.17, 15) is 9.18 Å². The quantitative estimate of drug-likeness (QED) is 0.621. The van der Waals surface area contributed by atoms with Gasteiger partial charge in [-0.2, -0.15) is 0 Å². The summed E-state index contributed by atoms with van der Waals surface area (Å²) in [4.78, 5) is 17.8. The fourth-order valence-corrected chi connectivity index (χ4v) is 5.33. The number of hydrogen-bond acceptors (Lipinski definition) is 3. The highest BCUT2D eigenvalue weighted by molar-refractivity contribution is 5.79. The predicted octanol–water partition coefficient (Wildman–Crippen LogP) is 4.85. The molecular weight excluding hydrogens is 417 g/mol. The number of nitrogens with one attached hydrogen (secondary N) is 1. The smallest absolute Gasteiger partial charge is 0.321 e. The van der Waals surface area contributed by atoms with Crippen LogP contribution in [-0.4, -0.2) is 53.7 Å². The second-order valence-corrected chi connectivity index (χ2v) is 9.70. The van der Waals surface area contributed by atoms with E-state index in [-0.39, 0.29) is 23.4 Å². The minimum absolute atomic E-state index is 0.0365. The Hall–Kier alpha value is -2.60. The lowest BCUT2D eigenvalue weighted by Gasteiger charge is -2.44. The Kier molecular flexibility index (Phi) is 7.23. The molecule has 1 N–H and O–H groups in total. The summed E-state index contributed by atoms with van der Waals surface area (Å²) in [6.07, 6.45) is 2.58. The minimum Gasteiger partial charge on any atom is -0.493 e. The second-order valence-electron chi connectivity index (χ2n) is 9.70. The number of carbonyl (C=O) groups excluding carboxylic acids is 1. The van der Waals surface area contributed by atoms with Crippen LogP contribution < -0.4 is 10.1 Å². The molecule has 2 saturated heterocycles. The SMILES string of the molecule is CCN1C(=O)N(Cc2ccc(OCC(C)C)cc2)C(Cc2ccc(F)cc2)C12CCNCC2. The summed E-state index contributed by atoms with van der Waals surface area (Å²) in [6, 6.07) is 15.0. The van der Waals surface area contributed by atoms with Crippen LogP contribution in [0.25, 0.3) is 0 Å². The molecule has 0 aliphatic carbocycles. The number of rotatable bonds is 8. The van der Waals surface area contributed by atoms with Crippen molar-refractivity contribution in [1.82, 2.24) is 15.1 Å². The van der Waals surface area contributed by atoms with Gasteiger partial charge in [0.1, 0.15) is 11.6 Å². The number of carbonyl (C=O) groups is 1. The number of benzene rings is 2. The number of halogens is 1. The molecule has 2 heterocycles. The zero-order valence-electron chi connectivity index (χ0n) is 20.0. The summed E-state index contributed by atoms with van der Waals surface area (Å²) in [7, 11) is 0.